The molecule has 0 radical (unpaired) electrons. The van der Waals surface area contributed by atoms with Crippen LogP contribution in [0.3, 0.4) is 0 Å². The van der Waals surface area contributed by atoms with E-state index >= 15 is 0 Å². The fourth-order valence-corrected chi connectivity index (χ4v) is 2.68. The van der Waals surface area contributed by atoms with Crippen LogP contribution in [0.5, 0.6) is 0 Å². The van der Waals surface area contributed by atoms with Crippen molar-refractivity contribution >= 4 is 5.91 Å². The third-order valence-electron chi connectivity index (χ3n) is 3.99. The number of morpholine rings is 1. The zero-order valence-corrected chi connectivity index (χ0v) is 10.6. The number of likely N-dealkylation sites (tertiary alicyclic amines) is 1. The van der Waals surface area contributed by atoms with Crippen molar-refractivity contribution in [2.45, 2.75) is 19.4 Å². The molecule has 2 N–H and O–H groups in total. The molecule has 0 aromatic heterocycles. The zero-order chi connectivity index (χ0) is 12.3. The summed E-state index contributed by atoms with van der Waals surface area (Å²) >= 11 is 0. The molecular weight excluding hydrogens is 218 g/mol. The Morgan fingerprint density at radius 3 is 2.65 bits per heavy atom. The molecule has 2 saturated heterocycles. The fourth-order valence-electron chi connectivity index (χ4n) is 2.68. The van der Waals surface area contributed by atoms with Gasteiger partial charge < -0.3 is 15.4 Å². The highest BCUT2D eigenvalue weighted by atomic mass is 16.5. The molecule has 0 bridgehead atoms. The van der Waals surface area contributed by atoms with Crippen molar-refractivity contribution in [3.63, 3.8) is 0 Å². The van der Waals surface area contributed by atoms with Gasteiger partial charge in [0.1, 0.15) is 0 Å². The Labute approximate surface area is 103 Å². The van der Waals surface area contributed by atoms with Crippen molar-refractivity contribution < 1.29 is 9.53 Å². The summed E-state index contributed by atoms with van der Waals surface area (Å²) in [5.41, 5.74) is 5.68. The van der Waals surface area contributed by atoms with Crippen molar-refractivity contribution in [2.24, 2.45) is 11.7 Å². The highest BCUT2D eigenvalue weighted by molar-refractivity contribution is 5.79. The average Bonchev–Trinajstić information content (AvgIpc) is 2.63. The molecular formula is C12H23N3O2. The second kappa shape index (κ2) is 5.80. The van der Waals surface area contributed by atoms with E-state index < -0.39 is 0 Å². The number of amides is 1. The van der Waals surface area contributed by atoms with Crippen molar-refractivity contribution in [1.29, 1.82) is 0 Å². The van der Waals surface area contributed by atoms with E-state index in [4.69, 9.17) is 10.5 Å². The lowest BCUT2D eigenvalue weighted by molar-refractivity contribution is -0.129. The van der Waals surface area contributed by atoms with E-state index in [1.54, 1.807) is 0 Å². The summed E-state index contributed by atoms with van der Waals surface area (Å²) in [5, 5.41) is 0. The number of carbonyl (C=O) groups is 1. The molecule has 2 heterocycles. The Morgan fingerprint density at radius 2 is 2.06 bits per heavy atom. The summed E-state index contributed by atoms with van der Waals surface area (Å²) in [6.45, 7) is 8.10. The molecule has 2 aliphatic heterocycles. The van der Waals surface area contributed by atoms with Gasteiger partial charge >= 0.3 is 0 Å². The third kappa shape index (κ3) is 2.97. The van der Waals surface area contributed by atoms with Gasteiger partial charge in [0.2, 0.25) is 5.91 Å². The lowest BCUT2D eigenvalue weighted by atomic mass is 10.0. The Hall–Kier alpha value is -0.650. The molecule has 5 nitrogen and oxygen atoms in total. The summed E-state index contributed by atoms with van der Waals surface area (Å²) in [6, 6.07) is 0.300. The van der Waals surface area contributed by atoms with E-state index in [0.717, 1.165) is 39.4 Å². The minimum absolute atomic E-state index is 0.265. The summed E-state index contributed by atoms with van der Waals surface area (Å²) in [6.07, 6.45) is 0.626. The molecule has 2 atom stereocenters. The Morgan fingerprint density at radius 1 is 1.35 bits per heavy atom. The molecule has 0 aliphatic carbocycles. The van der Waals surface area contributed by atoms with Crippen LogP contribution < -0.4 is 5.73 Å². The van der Waals surface area contributed by atoms with Gasteiger partial charge in [-0.05, 0) is 13.5 Å². The molecule has 2 aliphatic rings. The maximum atomic E-state index is 11.9. The molecule has 0 aromatic rings. The first-order chi connectivity index (χ1) is 8.22. The summed E-state index contributed by atoms with van der Waals surface area (Å²) in [4.78, 5) is 16.2. The fraction of sp³-hybridized carbons (Fsp3) is 0.917. The monoisotopic (exact) mass is 241 g/mol. The van der Waals surface area contributed by atoms with Crippen LogP contribution in [0.4, 0.5) is 0 Å². The van der Waals surface area contributed by atoms with Crippen molar-refractivity contribution in [2.75, 3.05) is 45.9 Å². The quantitative estimate of drug-likeness (QED) is 0.722. The standard InChI is InChI=1S/C12H23N3O2/c1-10-11(9-13)8-12(16)15(10)3-2-14-4-6-17-7-5-14/h10-11H,2-9,13H2,1H3. The first-order valence-electron chi connectivity index (χ1n) is 6.52. The van der Waals surface area contributed by atoms with Crippen LogP contribution in [0, 0.1) is 5.92 Å². The number of hydrogen-bond acceptors (Lipinski definition) is 4. The van der Waals surface area contributed by atoms with Gasteiger partial charge in [-0.15, -0.1) is 0 Å². The van der Waals surface area contributed by atoms with E-state index in [0.29, 0.717) is 24.9 Å². The van der Waals surface area contributed by atoms with E-state index in [-0.39, 0.29) is 5.91 Å². The van der Waals surface area contributed by atoms with Gasteiger partial charge in [-0.25, -0.2) is 0 Å². The maximum Gasteiger partial charge on any atom is 0.223 e. The number of nitrogens with two attached hydrogens (primary N) is 1. The Bertz CT molecular complexity index is 266. The van der Waals surface area contributed by atoms with Crippen molar-refractivity contribution in [3.05, 3.63) is 0 Å². The van der Waals surface area contributed by atoms with E-state index in [2.05, 4.69) is 11.8 Å². The van der Waals surface area contributed by atoms with Gasteiger partial charge in [-0.3, -0.25) is 9.69 Å². The number of carbonyl (C=O) groups excluding carboxylic acids is 1. The minimum atomic E-state index is 0.265. The second-order valence-electron chi connectivity index (χ2n) is 4.98. The molecule has 2 unspecified atom stereocenters. The van der Waals surface area contributed by atoms with E-state index in [1.807, 2.05) is 4.90 Å². The van der Waals surface area contributed by atoms with Gasteiger partial charge in [0.25, 0.3) is 0 Å². The Balaban J connectivity index is 1.79. The zero-order valence-electron chi connectivity index (χ0n) is 10.6. The number of rotatable bonds is 4. The summed E-state index contributed by atoms with van der Waals surface area (Å²) in [7, 11) is 0. The first kappa shape index (κ1) is 12.8. The number of nitrogens with zero attached hydrogens (tertiary/aromatic N) is 2. The summed E-state index contributed by atoms with van der Waals surface area (Å²) in [5.74, 6) is 0.605. The van der Waals surface area contributed by atoms with E-state index in [9.17, 15) is 4.79 Å². The molecule has 0 spiro atoms. The van der Waals surface area contributed by atoms with Gasteiger partial charge in [0, 0.05) is 44.6 Å². The van der Waals surface area contributed by atoms with Crippen molar-refractivity contribution in [3.8, 4) is 0 Å². The SMILES string of the molecule is CC1C(CN)CC(=O)N1CCN1CCOCC1. The van der Waals surface area contributed by atoms with Crippen LogP contribution in [-0.2, 0) is 9.53 Å². The third-order valence-corrected chi connectivity index (χ3v) is 3.99. The topological polar surface area (TPSA) is 58.8 Å². The highest BCUT2D eigenvalue weighted by Gasteiger charge is 2.35. The van der Waals surface area contributed by atoms with Gasteiger partial charge in [0.15, 0.2) is 0 Å². The molecule has 98 valence electrons. The molecule has 1 amide bonds. The average molecular weight is 241 g/mol. The molecule has 2 fully saturated rings. The van der Waals surface area contributed by atoms with Crippen LogP contribution in [0.1, 0.15) is 13.3 Å². The molecule has 2 rings (SSSR count). The predicted molar refractivity (Wildman–Crippen MR) is 65.6 cm³/mol. The van der Waals surface area contributed by atoms with E-state index in [1.165, 1.54) is 0 Å². The Kier molecular flexibility index (Phi) is 4.36. The van der Waals surface area contributed by atoms with Crippen LogP contribution in [0.25, 0.3) is 0 Å². The lowest BCUT2D eigenvalue weighted by Crippen LogP contribution is -2.44. The van der Waals surface area contributed by atoms with Crippen molar-refractivity contribution in [1.82, 2.24) is 9.80 Å². The first-order valence-corrected chi connectivity index (χ1v) is 6.52. The van der Waals surface area contributed by atoms with Crippen LogP contribution in [0.2, 0.25) is 0 Å². The predicted octanol–water partition coefficient (Wildman–Crippen LogP) is -0.486. The van der Waals surface area contributed by atoms with Gasteiger partial charge in [-0.1, -0.05) is 0 Å². The van der Waals surface area contributed by atoms with Gasteiger partial charge in [-0.2, -0.15) is 0 Å². The molecule has 0 saturated carbocycles. The normalized spacial score (nSPS) is 31.2. The number of ether oxygens (including phenoxy) is 1. The van der Waals surface area contributed by atoms with Crippen LogP contribution in [-0.4, -0.2) is 67.7 Å². The highest BCUT2D eigenvalue weighted by Crippen LogP contribution is 2.23. The number of hydrogen-bond donors (Lipinski definition) is 1. The maximum absolute atomic E-state index is 11.9. The molecule has 0 aromatic carbocycles. The molecule has 5 heteroatoms. The minimum Gasteiger partial charge on any atom is -0.379 e. The second-order valence-corrected chi connectivity index (χ2v) is 4.98. The smallest absolute Gasteiger partial charge is 0.223 e. The summed E-state index contributed by atoms with van der Waals surface area (Å²) < 4.78 is 5.31. The van der Waals surface area contributed by atoms with Crippen LogP contribution >= 0.6 is 0 Å². The lowest BCUT2D eigenvalue weighted by Gasteiger charge is -2.30. The largest absolute Gasteiger partial charge is 0.379 e. The van der Waals surface area contributed by atoms with Gasteiger partial charge in [0.05, 0.1) is 13.2 Å². The van der Waals surface area contributed by atoms with Crippen LogP contribution in [0.15, 0.2) is 0 Å². The molecule has 17 heavy (non-hydrogen) atoms.